The third-order valence-electron chi connectivity index (χ3n) is 3.51. The van der Waals surface area contributed by atoms with Gasteiger partial charge in [0.15, 0.2) is 0 Å². The smallest absolute Gasteiger partial charge is 0.243 e. The van der Waals surface area contributed by atoms with E-state index >= 15 is 0 Å². The highest BCUT2D eigenvalue weighted by Crippen LogP contribution is 2.20. The second kappa shape index (κ2) is 8.92. The lowest BCUT2D eigenvalue weighted by molar-refractivity contribution is -0.121. The lowest BCUT2D eigenvalue weighted by Gasteiger charge is -2.28. The van der Waals surface area contributed by atoms with Gasteiger partial charge in [-0.2, -0.15) is 0 Å². The summed E-state index contributed by atoms with van der Waals surface area (Å²) in [7, 11) is -3.57. The van der Waals surface area contributed by atoms with E-state index in [-0.39, 0.29) is 5.91 Å². The molecule has 0 aromatic heterocycles. The van der Waals surface area contributed by atoms with Crippen LogP contribution in [-0.2, 0) is 14.8 Å². The molecule has 1 unspecified atom stereocenters. The Morgan fingerprint density at radius 1 is 1.08 bits per heavy atom. The summed E-state index contributed by atoms with van der Waals surface area (Å²) in [6, 6.07) is 17.7. The largest absolute Gasteiger partial charge is 0.353 e. The van der Waals surface area contributed by atoms with Gasteiger partial charge in [-0.15, -0.1) is 11.8 Å². The van der Waals surface area contributed by atoms with Crippen LogP contribution < -0.4 is 9.62 Å². The van der Waals surface area contributed by atoms with E-state index in [0.29, 0.717) is 18.0 Å². The Kier molecular flexibility index (Phi) is 6.90. The SMILES string of the molecule is CC(C(=O)NCCSc1ccccc1)N(c1ccccc1)S(C)(=O)=O. The van der Waals surface area contributed by atoms with Crippen LogP contribution in [0, 0.1) is 0 Å². The molecule has 0 heterocycles. The first kappa shape index (κ1) is 19.3. The summed E-state index contributed by atoms with van der Waals surface area (Å²) in [6.45, 7) is 2.06. The number of carbonyl (C=O) groups is 1. The number of sulfonamides is 1. The van der Waals surface area contributed by atoms with Crippen molar-refractivity contribution < 1.29 is 13.2 Å². The number of benzene rings is 2. The van der Waals surface area contributed by atoms with Crippen molar-refractivity contribution in [3.05, 3.63) is 60.7 Å². The monoisotopic (exact) mass is 378 g/mol. The molecule has 134 valence electrons. The zero-order chi connectivity index (χ0) is 18.3. The Morgan fingerprint density at radius 3 is 2.20 bits per heavy atom. The molecule has 0 aliphatic rings. The van der Waals surface area contributed by atoms with Gasteiger partial charge in [-0.05, 0) is 31.2 Å². The van der Waals surface area contributed by atoms with E-state index in [2.05, 4.69) is 5.32 Å². The van der Waals surface area contributed by atoms with E-state index in [4.69, 9.17) is 0 Å². The molecule has 2 aromatic rings. The van der Waals surface area contributed by atoms with E-state index < -0.39 is 16.1 Å². The minimum Gasteiger partial charge on any atom is -0.353 e. The van der Waals surface area contributed by atoms with Gasteiger partial charge in [-0.25, -0.2) is 8.42 Å². The van der Waals surface area contributed by atoms with Crippen molar-refractivity contribution in [1.29, 1.82) is 0 Å². The zero-order valence-corrected chi connectivity index (χ0v) is 15.9. The maximum atomic E-state index is 12.4. The number of carbonyl (C=O) groups excluding carboxylic acids is 1. The Hall–Kier alpha value is -1.99. The number of nitrogens with one attached hydrogen (secondary N) is 1. The number of thioether (sulfide) groups is 1. The summed E-state index contributed by atoms with van der Waals surface area (Å²) in [6.07, 6.45) is 1.11. The van der Waals surface area contributed by atoms with Crippen molar-refractivity contribution in [2.45, 2.75) is 17.9 Å². The van der Waals surface area contributed by atoms with Crippen LogP contribution in [0.15, 0.2) is 65.6 Å². The molecule has 0 radical (unpaired) electrons. The van der Waals surface area contributed by atoms with Crippen molar-refractivity contribution in [3.63, 3.8) is 0 Å². The average Bonchev–Trinajstić information content (AvgIpc) is 2.59. The van der Waals surface area contributed by atoms with Crippen LogP contribution in [0.25, 0.3) is 0 Å². The van der Waals surface area contributed by atoms with Crippen LogP contribution in [0.1, 0.15) is 6.92 Å². The predicted octanol–water partition coefficient (Wildman–Crippen LogP) is 2.75. The fraction of sp³-hybridized carbons (Fsp3) is 0.278. The molecule has 2 aromatic carbocycles. The molecule has 0 saturated heterocycles. The summed E-state index contributed by atoms with van der Waals surface area (Å²) in [4.78, 5) is 13.5. The van der Waals surface area contributed by atoms with E-state index in [9.17, 15) is 13.2 Å². The summed E-state index contributed by atoms with van der Waals surface area (Å²) in [5.41, 5.74) is 0.478. The number of nitrogens with zero attached hydrogens (tertiary/aromatic N) is 1. The van der Waals surface area contributed by atoms with Crippen molar-refractivity contribution >= 4 is 33.4 Å². The third-order valence-corrected chi connectivity index (χ3v) is 5.77. The molecular formula is C18H22N2O3S2. The molecular weight excluding hydrogens is 356 g/mol. The minimum atomic E-state index is -3.57. The maximum absolute atomic E-state index is 12.4. The van der Waals surface area contributed by atoms with E-state index in [1.165, 1.54) is 0 Å². The summed E-state index contributed by atoms with van der Waals surface area (Å²) >= 11 is 1.64. The second-order valence-electron chi connectivity index (χ2n) is 5.52. The normalized spacial score (nSPS) is 12.4. The van der Waals surface area contributed by atoms with Crippen molar-refractivity contribution in [1.82, 2.24) is 5.32 Å². The average molecular weight is 379 g/mol. The zero-order valence-electron chi connectivity index (χ0n) is 14.3. The van der Waals surface area contributed by atoms with E-state index in [0.717, 1.165) is 15.5 Å². The Bertz CT molecular complexity index is 780. The Labute approximate surface area is 153 Å². The molecule has 5 nitrogen and oxygen atoms in total. The van der Waals surface area contributed by atoms with Crippen LogP contribution in [-0.4, -0.2) is 38.9 Å². The number of hydrogen-bond acceptors (Lipinski definition) is 4. The quantitative estimate of drug-likeness (QED) is 0.567. The van der Waals surface area contributed by atoms with Gasteiger partial charge in [0.1, 0.15) is 6.04 Å². The minimum absolute atomic E-state index is 0.317. The van der Waals surface area contributed by atoms with Gasteiger partial charge in [0.2, 0.25) is 15.9 Å². The summed E-state index contributed by atoms with van der Waals surface area (Å²) in [5.74, 6) is 0.398. The molecule has 0 fully saturated rings. The molecule has 0 bridgehead atoms. The predicted molar refractivity (Wildman–Crippen MR) is 103 cm³/mol. The topological polar surface area (TPSA) is 66.5 Å². The van der Waals surface area contributed by atoms with Crippen LogP contribution in [0.2, 0.25) is 0 Å². The lowest BCUT2D eigenvalue weighted by atomic mass is 10.2. The third kappa shape index (κ3) is 5.79. The van der Waals surface area contributed by atoms with Gasteiger partial charge < -0.3 is 5.32 Å². The Balaban J connectivity index is 1.94. The number of hydrogen-bond donors (Lipinski definition) is 1. The van der Waals surface area contributed by atoms with Gasteiger partial charge in [-0.1, -0.05) is 36.4 Å². The van der Waals surface area contributed by atoms with Crippen molar-refractivity contribution in [2.24, 2.45) is 0 Å². The number of rotatable bonds is 8. The highest BCUT2D eigenvalue weighted by Gasteiger charge is 2.28. The number of amides is 1. The molecule has 1 amide bonds. The standard InChI is InChI=1S/C18H22N2O3S2/c1-15(20(25(2,22)23)16-9-5-3-6-10-16)18(21)19-13-14-24-17-11-7-4-8-12-17/h3-12,15H,13-14H2,1-2H3,(H,19,21). The maximum Gasteiger partial charge on any atom is 0.243 e. The lowest BCUT2D eigenvalue weighted by Crippen LogP contribution is -2.48. The fourth-order valence-electron chi connectivity index (χ4n) is 2.39. The van der Waals surface area contributed by atoms with Crippen LogP contribution in [0.4, 0.5) is 5.69 Å². The molecule has 0 aliphatic heterocycles. The number of anilines is 1. The fourth-order valence-corrected chi connectivity index (χ4v) is 4.36. The highest BCUT2D eigenvalue weighted by atomic mass is 32.2. The van der Waals surface area contributed by atoms with E-state index in [1.807, 2.05) is 30.3 Å². The first-order valence-corrected chi connectivity index (χ1v) is 10.7. The first-order chi connectivity index (χ1) is 11.9. The Morgan fingerprint density at radius 2 is 1.64 bits per heavy atom. The number of para-hydroxylation sites is 1. The molecule has 1 N–H and O–H groups in total. The molecule has 1 atom stereocenters. The van der Waals surface area contributed by atoms with Crippen LogP contribution >= 0.6 is 11.8 Å². The molecule has 25 heavy (non-hydrogen) atoms. The molecule has 0 aliphatic carbocycles. The second-order valence-corrected chi connectivity index (χ2v) is 8.55. The summed E-state index contributed by atoms with van der Waals surface area (Å²) < 4.78 is 25.4. The van der Waals surface area contributed by atoms with Gasteiger partial charge in [0.25, 0.3) is 0 Å². The first-order valence-electron chi connectivity index (χ1n) is 7.89. The highest BCUT2D eigenvalue weighted by molar-refractivity contribution is 7.99. The van der Waals surface area contributed by atoms with Gasteiger partial charge in [0.05, 0.1) is 11.9 Å². The van der Waals surface area contributed by atoms with Gasteiger partial charge in [0, 0.05) is 17.2 Å². The summed E-state index contributed by atoms with van der Waals surface area (Å²) in [5, 5.41) is 2.81. The molecule has 7 heteroatoms. The van der Waals surface area contributed by atoms with Crippen LogP contribution in [0.5, 0.6) is 0 Å². The molecule has 0 saturated carbocycles. The van der Waals surface area contributed by atoms with Crippen molar-refractivity contribution in [2.75, 3.05) is 22.9 Å². The van der Waals surface area contributed by atoms with E-state index in [1.54, 1.807) is 49.0 Å². The van der Waals surface area contributed by atoms with Crippen molar-refractivity contribution in [3.8, 4) is 0 Å². The molecule has 2 rings (SSSR count). The van der Waals surface area contributed by atoms with Gasteiger partial charge in [-0.3, -0.25) is 9.10 Å². The van der Waals surface area contributed by atoms with Crippen LogP contribution in [0.3, 0.4) is 0 Å². The van der Waals surface area contributed by atoms with Gasteiger partial charge >= 0.3 is 0 Å². The molecule has 0 spiro atoms.